The van der Waals surface area contributed by atoms with E-state index in [1.165, 1.54) is 19.3 Å². The van der Waals surface area contributed by atoms with Crippen LogP contribution in [0.3, 0.4) is 0 Å². The van der Waals surface area contributed by atoms with Gasteiger partial charge in [0, 0.05) is 0 Å². The summed E-state index contributed by atoms with van der Waals surface area (Å²) in [5.74, 6) is 0.124. The van der Waals surface area contributed by atoms with Crippen LogP contribution in [0.5, 0.6) is 0 Å². The van der Waals surface area contributed by atoms with Gasteiger partial charge in [-0.2, -0.15) is 0 Å². The lowest BCUT2D eigenvalue weighted by Gasteiger charge is -2.24. The van der Waals surface area contributed by atoms with Crippen LogP contribution in [0.4, 0.5) is 0 Å². The van der Waals surface area contributed by atoms with Crippen LogP contribution in [0.15, 0.2) is 0 Å². The number of carboxylic acid groups (broad SMARTS) is 1. The van der Waals surface area contributed by atoms with Crippen LogP contribution >= 0.6 is 0 Å². The number of aliphatic carboxylic acids is 1. The van der Waals surface area contributed by atoms with E-state index in [0.717, 1.165) is 31.6 Å². The van der Waals surface area contributed by atoms with Crippen molar-refractivity contribution in [2.24, 2.45) is 11.8 Å². The average Bonchev–Trinajstić information content (AvgIpc) is 3.15. The molecule has 1 unspecified atom stereocenters. The van der Waals surface area contributed by atoms with Gasteiger partial charge in [0.2, 0.25) is 0 Å². The van der Waals surface area contributed by atoms with E-state index in [4.69, 9.17) is 9.84 Å². The Bertz CT molecular complexity index is 249. The fourth-order valence-electron chi connectivity index (χ4n) is 1.91. The van der Waals surface area contributed by atoms with Crippen molar-refractivity contribution in [1.82, 2.24) is 0 Å². The molecule has 0 bridgehead atoms. The summed E-state index contributed by atoms with van der Waals surface area (Å²) in [7, 11) is 0. The topological polar surface area (TPSA) is 63.6 Å². The smallest absolute Gasteiger partial charge is 0.306 e. The SMILES string of the molecule is CC1CCC[C@@H](OC=O)C1.CCC.O=C(O)C1CC1. The standard InChI is InChI=1S/C8H14O2.C4H6O2.C3H8/c1-7-3-2-4-8(5-7)10-6-9;5-4(6)3-1-2-3;1-3-2/h6-8H,2-5H2,1H3;3H,1-2H2,(H,5,6);3H2,1-2H3/t7?,8-;;/m1../s1. The molecule has 0 amide bonds. The maximum atomic E-state index is 9.96. The van der Waals surface area contributed by atoms with Crippen LogP contribution in [0, 0.1) is 11.8 Å². The highest BCUT2D eigenvalue weighted by molar-refractivity contribution is 5.72. The van der Waals surface area contributed by atoms with Crippen LogP contribution in [0.1, 0.15) is 65.7 Å². The molecule has 2 aliphatic rings. The summed E-state index contributed by atoms with van der Waals surface area (Å²) in [5, 5.41) is 8.05. The van der Waals surface area contributed by atoms with Crippen molar-refractivity contribution in [2.75, 3.05) is 0 Å². The maximum absolute atomic E-state index is 9.96. The van der Waals surface area contributed by atoms with Gasteiger partial charge < -0.3 is 9.84 Å². The van der Waals surface area contributed by atoms with Gasteiger partial charge in [-0.3, -0.25) is 9.59 Å². The van der Waals surface area contributed by atoms with E-state index in [0.29, 0.717) is 6.47 Å². The van der Waals surface area contributed by atoms with Gasteiger partial charge in [0.25, 0.3) is 6.47 Å². The molecule has 4 nitrogen and oxygen atoms in total. The van der Waals surface area contributed by atoms with Gasteiger partial charge in [-0.15, -0.1) is 0 Å². The van der Waals surface area contributed by atoms with Crippen LogP contribution in [0.2, 0.25) is 0 Å². The Hall–Kier alpha value is -1.06. The summed E-state index contributed by atoms with van der Waals surface area (Å²) in [6.07, 6.45) is 7.87. The Morgan fingerprint density at radius 1 is 1.26 bits per heavy atom. The van der Waals surface area contributed by atoms with E-state index in [2.05, 4.69) is 20.8 Å². The quantitative estimate of drug-likeness (QED) is 0.797. The van der Waals surface area contributed by atoms with Crippen LogP contribution in [-0.2, 0) is 14.3 Å². The van der Waals surface area contributed by atoms with E-state index >= 15 is 0 Å². The molecular weight excluding hydrogens is 244 g/mol. The molecule has 4 heteroatoms. The molecule has 2 atom stereocenters. The second kappa shape index (κ2) is 10.8. The molecule has 0 aromatic heterocycles. The molecule has 0 aromatic rings. The van der Waals surface area contributed by atoms with Gasteiger partial charge in [-0.25, -0.2) is 0 Å². The number of carboxylic acids is 1. The molecule has 112 valence electrons. The van der Waals surface area contributed by atoms with Crippen molar-refractivity contribution in [3.05, 3.63) is 0 Å². The molecule has 2 fully saturated rings. The normalized spacial score (nSPS) is 25.0. The maximum Gasteiger partial charge on any atom is 0.306 e. The fourth-order valence-corrected chi connectivity index (χ4v) is 1.91. The molecule has 0 heterocycles. The lowest BCUT2D eigenvalue weighted by molar-refractivity contribution is -0.138. The first kappa shape index (κ1) is 17.9. The zero-order chi connectivity index (χ0) is 14.7. The Morgan fingerprint density at radius 2 is 1.84 bits per heavy atom. The van der Waals surface area contributed by atoms with Crippen molar-refractivity contribution in [1.29, 1.82) is 0 Å². The molecular formula is C15H28O4. The molecule has 0 radical (unpaired) electrons. The number of hydrogen-bond acceptors (Lipinski definition) is 3. The Labute approximate surface area is 116 Å². The third kappa shape index (κ3) is 10.5. The highest BCUT2D eigenvalue weighted by Gasteiger charge is 2.28. The lowest BCUT2D eigenvalue weighted by Crippen LogP contribution is -2.20. The van der Waals surface area contributed by atoms with E-state index in [-0.39, 0.29) is 12.0 Å². The van der Waals surface area contributed by atoms with Crippen LogP contribution < -0.4 is 0 Å². The highest BCUT2D eigenvalue weighted by Crippen LogP contribution is 2.28. The van der Waals surface area contributed by atoms with Gasteiger partial charge in [0.05, 0.1) is 5.92 Å². The van der Waals surface area contributed by atoms with E-state index in [1.807, 2.05) is 0 Å². The molecule has 2 aliphatic carbocycles. The predicted octanol–water partition coefficient (Wildman–Crippen LogP) is 3.64. The second-order valence-electron chi connectivity index (χ2n) is 5.45. The van der Waals surface area contributed by atoms with Crippen LogP contribution in [-0.4, -0.2) is 23.7 Å². The molecule has 0 aliphatic heterocycles. The van der Waals surface area contributed by atoms with Gasteiger partial charge in [0.1, 0.15) is 6.10 Å². The first-order chi connectivity index (χ1) is 9.04. The predicted molar refractivity (Wildman–Crippen MR) is 74.9 cm³/mol. The first-order valence-electron chi connectivity index (χ1n) is 7.36. The summed E-state index contributed by atoms with van der Waals surface area (Å²) in [6.45, 7) is 7.03. The largest absolute Gasteiger partial charge is 0.481 e. The second-order valence-corrected chi connectivity index (χ2v) is 5.45. The Morgan fingerprint density at radius 3 is 2.16 bits per heavy atom. The fraction of sp³-hybridized carbons (Fsp3) is 0.867. The minimum atomic E-state index is -0.630. The number of carbonyl (C=O) groups excluding carboxylic acids is 1. The van der Waals surface area contributed by atoms with Gasteiger partial charge in [0.15, 0.2) is 0 Å². The van der Waals surface area contributed by atoms with Crippen molar-refractivity contribution < 1.29 is 19.4 Å². The first-order valence-corrected chi connectivity index (χ1v) is 7.36. The molecule has 0 saturated heterocycles. The number of rotatable bonds is 3. The zero-order valence-corrected chi connectivity index (χ0v) is 12.4. The van der Waals surface area contributed by atoms with Gasteiger partial charge >= 0.3 is 5.97 Å². The van der Waals surface area contributed by atoms with Crippen molar-refractivity contribution in [3.63, 3.8) is 0 Å². The van der Waals surface area contributed by atoms with Crippen molar-refractivity contribution >= 4 is 12.4 Å². The average molecular weight is 272 g/mol. The molecule has 19 heavy (non-hydrogen) atoms. The molecule has 2 rings (SSSR count). The number of hydrogen-bond donors (Lipinski definition) is 1. The Kier molecular flexibility index (Phi) is 10.2. The zero-order valence-electron chi connectivity index (χ0n) is 12.4. The summed E-state index contributed by atoms with van der Waals surface area (Å²) in [6, 6.07) is 0. The van der Waals surface area contributed by atoms with Gasteiger partial charge in [-0.1, -0.05) is 33.6 Å². The van der Waals surface area contributed by atoms with Crippen molar-refractivity contribution in [3.8, 4) is 0 Å². The molecule has 1 N–H and O–H groups in total. The molecule has 2 saturated carbocycles. The molecule has 0 spiro atoms. The van der Waals surface area contributed by atoms with E-state index in [1.54, 1.807) is 0 Å². The van der Waals surface area contributed by atoms with E-state index < -0.39 is 5.97 Å². The number of ether oxygens (including phenoxy) is 1. The number of carbonyl (C=O) groups is 2. The minimum Gasteiger partial charge on any atom is -0.481 e. The summed E-state index contributed by atoms with van der Waals surface area (Å²) in [4.78, 5) is 19.7. The van der Waals surface area contributed by atoms with E-state index in [9.17, 15) is 9.59 Å². The molecule has 0 aromatic carbocycles. The lowest BCUT2D eigenvalue weighted by atomic mass is 9.89. The van der Waals surface area contributed by atoms with Gasteiger partial charge in [-0.05, 0) is 38.0 Å². The summed E-state index contributed by atoms with van der Waals surface area (Å²) < 4.78 is 4.87. The minimum absolute atomic E-state index is 0.0185. The highest BCUT2D eigenvalue weighted by atomic mass is 16.5. The van der Waals surface area contributed by atoms with Crippen molar-refractivity contribution in [2.45, 2.75) is 71.8 Å². The Balaban J connectivity index is 0.000000306. The summed E-state index contributed by atoms with van der Waals surface area (Å²) in [5.41, 5.74) is 0. The third-order valence-electron chi connectivity index (χ3n) is 3.06. The summed E-state index contributed by atoms with van der Waals surface area (Å²) >= 11 is 0. The van der Waals surface area contributed by atoms with Crippen LogP contribution in [0.25, 0.3) is 0 Å². The third-order valence-corrected chi connectivity index (χ3v) is 3.06. The monoisotopic (exact) mass is 272 g/mol.